The smallest absolute Gasteiger partial charge is 0.170 e. The van der Waals surface area contributed by atoms with Gasteiger partial charge in [-0.2, -0.15) is 0 Å². The first-order valence-electron chi connectivity index (χ1n) is 10.4. The molecule has 5 nitrogen and oxygen atoms in total. The minimum Gasteiger partial charge on any atom is -0.352 e. The zero-order valence-corrected chi connectivity index (χ0v) is 17.7. The Balaban J connectivity index is 1.67. The van der Waals surface area contributed by atoms with Gasteiger partial charge >= 0.3 is 0 Å². The van der Waals surface area contributed by atoms with Crippen molar-refractivity contribution in [3.8, 4) is 0 Å². The van der Waals surface area contributed by atoms with Crippen LogP contribution < -0.4 is 5.32 Å². The van der Waals surface area contributed by atoms with Crippen LogP contribution in [0.2, 0.25) is 0 Å². The van der Waals surface area contributed by atoms with Gasteiger partial charge in [0.25, 0.3) is 0 Å². The van der Waals surface area contributed by atoms with Crippen LogP contribution in [0.25, 0.3) is 0 Å². The molecule has 1 aliphatic heterocycles. The van der Waals surface area contributed by atoms with Crippen molar-refractivity contribution in [1.29, 1.82) is 0 Å². The number of nitrogens with one attached hydrogen (secondary N) is 1. The molecule has 0 radical (unpaired) electrons. The van der Waals surface area contributed by atoms with Crippen LogP contribution in [-0.2, 0) is 0 Å². The molecule has 0 amide bonds. The SMILES string of the molecule is CN(C)CCCN1C(=S)N[C@H](c2ccccn2)[C@H]1c1cccn1C1CCCC1. The van der Waals surface area contributed by atoms with Gasteiger partial charge in [0.05, 0.1) is 17.8 Å². The molecule has 6 heteroatoms. The Hall–Kier alpha value is -1.92. The second kappa shape index (κ2) is 8.62. The molecule has 0 bridgehead atoms. The van der Waals surface area contributed by atoms with E-state index in [2.05, 4.69) is 69.2 Å². The quantitative estimate of drug-likeness (QED) is 0.717. The summed E-state index contributed by atoms with van der Waals surface area (Å²) in [7, 11) is 4.25. The van der Waals surface area contributed by atoms with Crippen molar-refractivity contribution in [1.82, 2.24) is 24.7 Å². The average molecular weight is 398 g/mol. The number of pyridine rings is 1. The van der Waals surface area contributed by atoms with E-state index in [1.54, 1.807) is 0 Å². The Morgan fingerprint density at radius 2 is 2.00 bits per heavy atom. The molecule has 28 heavy (non-hydrogen) atoms. The van der Waals surface area contributed by atoms with Crippen molar-refractivity contribution in [2.75, 3.05) is 27.2 Å². The molecule has 1 N–H and O–H groups in total. The molecule has 1 saturated heterocycles. The van der Waals surface area contributed by atoms with Gasteiger partial charge in [0.2, 0.25) is 0 Å². The second-order valence-corrected chi connectivity index (χ2v) is 8.64. The summed E-state index contributed by atoms with van der Waals surface area (Å²) >= 11 is 5.79. The fourth-order valence-electron chi connectivity index (χ4n) is 4.70. The highest BCUT2D eigenvalue weighted by molar-refractivity contribution is 7.80. The van der Waals surface area contributed by atoms with E-state index in [-0.39, 0.29) is 12.1 Å². The second-order valence-electron chi connectivity index (χ2n) is 8.26. The Morgan fingerprint density at radius 3 is 2.71 bits per heavy atom. The normalized spacial score (nSPS) is 23.0. The van der Waals surface area contributed by atoms with E-state index in [1.165, 1.54) is 31.4 Å². The number of aromatic nitrogens is 2. The van der Waals surface area contributed by atoms with Crippen LogP contribution in [0.5, 0.6) is 0 Å². The standard InChI is InChI=1S/C22H31N5S/c1-25(2)14-8-16-27-21(19-12-7-15-26(19)17-9-3-4-10-17)20(24-22(27)28)18-11-5-6-13-23-18/h5-7,11-13,15,17,20-21H,3-4,8-10,14,16H2,1-2H3,(H,24,28)/t20-,21-/m1/s1. The molecule has 1 saturated carbocycles. The lowest BCUT2D eigenvalue weighted by Crippen LogP contribution is -2.33. The van der Waals surface area contributed by atoms with Crippen LogP contribution in [-0.4, -0.2) is 51.6 Å². The Bertz CT molecular complexity index is 781. The van der Waals surface area contributed by atoms with Crippen LogP contribution in [0, 0.1) is 0 Å². The monoisotopic (exact) mass is 397 g/mol. The summed E-state index contributed by atoms with van der Waals surface area (Å²) in [5.41, 5.74) is 2.42. The van der Waals surface area contributed by atoms with Crippen LogP contribution in [0.15, 0.2) is 42.7 Å². The fourth-order valence-corrected chi connectivity index (χ4v) is 5.03. The molecular weight excluding hydrogens is 366 g/mol. The largest absolute Gasteiger partial charge is 0.352 e. The third-order valence-corrected chi connectivity index (χ3v) is 6.39. The van der Waals surface area contributed by atoms with Gasteiger partial charge in [-0.15, -0.1) is 0 Å². The van der Waals surface area contributed by atoms with E-state index in [4.69, 9.17) is 12.2 Å². The first kappa shape index (κ1) is 19.4. The number of hydrogen-bond acceptors (Lipinski definition) is 3. The molecule has 0 aromatic carbocycles. The lowest BCUT2D eigenvalue weighted by Gasteiger charge is -2.30. The molecule has 2 aromatic heterocycles. The van der Waals surface area contributed by atoms with E-state index in [0.717, 1.165) is 30.3 Å². The van der Waals surface area contributed by atoms with Gasteiger partial charge in [-0.25, -0.2) is 0 Å². The maximum Gasteiger partial charge on any atom is 0.170 e. The predicted molar refractivity (Wildman–Crippen MR) is 117 cm³/mol. The number of nitrogens with zero attached hydrogens (tertiary/aromatic N) is 4. The molecule has 2 fully saturated rings. The summed E-state index contributed by atoms with van der Waals surface area (Å²) in [6.45, 7) is 2.01. The number of hydrogen-bond donors (Lipinski definition) is 1. The minimum atomic E-state index is 0.0862. The van der Waals surface area contributed by atoms with Crippen molar-refractivity contribution in [2.24, 2.45) is 0 Å². The summed E-state index contributed by atoms with van der Waals surface area (Å²) in [5.74, 6) is 0. The van der Waals surface area contributed by atoms with Gasteiger partial charge in [0.15, 0.2) is 5.11 Å². The molecule has 150 valence electrons. The molecule has 0 spiro atoms. The third kappa shape index (κ3) is 3.94. The van der Waals surface area contributed by atoms with Crippen molar-refractivity contribution in [3.05, 3.63) is 54.1 Å². The highest BCUT2D eigenvalue weighted by Gasteiger charge is 2.41. The van der Waals surface area contributed by atoms with Crippen LogP contribution in [0.1, 0.15) is 61.6 Å². The van der Waals surface area contributed by atoms with E-state index in [9.17, 15) is 0 Å². The maximum absolute atomic E-state index is 5.79. The van der Waals surface area contributed by atoms with Gasteiger partial charge in [0.1, 0.15) is 0 Å². The molecule has 0 unspecified atom stereocenters. The summed E-state index contributed by atoms with van der Waals surface area (Å²) in [4.78, 5) is 9.28. The maximum atomic E-state index is 5.79. The van der Waals surface area contributed by atoms with Gasteiger partial charge in [-0.05, 0) is 76.4 Å². The van der Waals surface area contributed by atoms with Crippen LogP contribution in [0.3, 0.4) is 0 Å². The zero-order valence-electron chi connectivity index (χ0n) is 16.9. The van der Waals surface area contributed by atoms with E-state index >= 15 is 0 Å². The van der Waals surface area contributed by atoms with Crippen molar-refractivity contribution in [3.63, 3.8) is 0 Å². The molecule has 2 aliphatic rings. The summed E-state index contributed by atoms with van der Waals surface area (Å²) in [6, 6.07) is 11.5. The molecular formula is C22H31N5S. The van der Waals surface area contributed by atoms with E-state index in [1.807, 2.05) is 12.3 Å². The lowest BCUT2D eigenvalue weighted by molar-refractivity contribution is 0.278. The lowest BCUT2D eigenvalue weighted by atomic mass is 10.0. The average Bonchev–Trinajstić information content (AvgIpc) is 3.42. The van der Waals surface area contributed by atoms with E-state index in [0.29, 0.717) is 6.04 Å². The molecule has 2 aromatic rings. The van der Waals surface area contributed by atoms with E-state index < -0.39 is 0 Å². The highest BCUT2D eigenvalue weighted by atomic mass is 32.1. The van der Waals surface area contributed by atoms with Crippen molar-refractivity contribution in [2.45, 2.75) is 50.2 Å². The Kier molecular flexibility index (Phi) is 5.97. The van der Waals surface area contributed by atoms with Gasteiger partial charge in [0, 0.05) is 30.7 Å². The molecule has 1 aliphatic carbocycles. The minimum absolute atomic E-state index is 0.0862. The first-order chi connectivity index (χ1) is 13.6. The third-order valence-electron chi connectivity index (χ3n) is 6.04. The first-order valence-corrected chi connectivity index (χ1v) is 10.9. The number of thiocarbonyl (C=S) groups is 1. The molecule has 3 heterocycles. The van der Waals surface area contributed by atoms with Gasteiger partial charge < -0.3 is 19.7 Å². The Labute approximate surface area is 173 Å². The highest BCUT2D eigenvalue weighted by Crippen LogP contribution is 2.41. The Morgan fingerprint density at radius 1 is 1.18 bits per heavy atom. The van der Waals surface area contributed by atoms with Crippen molar-refractivity contribution >= 4 is 17.3 Å². The van der Waals surface area contributed by atoms with Crippen LogP contribution in [0.4, 0.5) is 0 Å². The molecule has 2 atom stereocenters. The predicted octanol–water partition coefficient (Wildman–Crippen LogP) is 3.92. The van der Waals surface area contributed by atoms with Gasteiger partial charge in [-0.1, -0.05) is 18.9 Å². The summed E-state index contributed by atoms with van der Waals surface area (Å²) < 4.78 is 2.52. The fraction of sp³-hybridized carbons (Fsp3) is 0.545. The van der Waals surface area contributed by atoms with Gasteiger partial charge in [-0.3, -0.25) is 4.98 Å². The van der Waals surface area contributed by atoms with Crippen molar-refractivity contribution < 1.29 is 0 Å². The summed E-state index contributed by atoms with van der Waals surface area (Å²) in [5, 5.41) is 4.43. The topological polar surface area (TPSA) is 36.3 Å². The number of rotatable bonds is 7. The summed E-state index contributed by atoms with van der Waals surface area (Å²) in [6.07, 6.45) is 10.5. The molecule has 4 rings (SSSR count). The zero-order chi connectivity index (χ0) is 19.5. The van der Waals surface area contributed by atoms with Crippen LogP contribution >= 0.6 is 12.2 Å².